The first-order valence-corrected chi connectivity index (χ1v) is 7.00. The lowest BCUT2D eigenvalue weighted by Gasteiger charge is -2.11. The molecular weight excluding hydrogens is 308 g/mol. The molecule has 0 aliphatic rings. The van der Waals surface area contributed by atoms with Gasteiger partial charge in [-0.25, -0.2) is 0 Å². The van der Waals surface area contributed by atoms with Crippen molar-refractivity contribution in [1.82, 2.24) is 0 Å². The van der Waals surface area contributed by atoms with E-state index in [4.69, 9.17) is 21.6 Å². The molecule has 6 heteroatoms. The van der Waals surface area contributed by atoms with Crippen LogP contribution in [0.1, 0.15) is 15.9 Å². The fourth-order valence-corrected chi connectivity index (χ4v) is 1.97. The molecule has 0 atom stereocenters. The molecule has 0 bridgehead atoms. The predicted molar refractivity (Wildman–Crippen MR) is 90.0 cm³/mol. The first kappa shape index (κ1) is 16.9. The highest BCUT2D eigenvalue weighted by Crippen LogP contribution is 2.28. The van der Waals surface area contributed by atoms with Crippen LogP contribution in [-0.2, 0) is 4.79 Å². The number of benzene rings is 2. The first-order valence-electron chi connectivity index (χ1n) is 7.00. The number of carbonyl (C=O) groups is 2. The van der Waals surface area contributed by atoms with Gasteiger partial charge >= 0.3 is 0 Å². The number of ether oxygens (including phenoxy) is 2. The van der Waals surface area contributed by atoms with E-state index in [-0.39, 0.29) is 12.5 Å². The van der Waals surface area contributed by atoms with E-state index in [0.717, 1.165) is 0 Å². The Labute approximate surface area is 139 Å². The van der Waals surface area contributed by atoms with Crippen molar-refractivity contribution in [3.8, 4) is 23.8 Å². The number of nitrogens with two attached hydrogens (primary N) is 1. The van der Waals surface area contributed by atoms with E-state index in [0.29, 0.717) is 28.3 Å². The quantitative estimate of drug-likeness (QED) is 0.793. The summed E-state index contributed by atoms with van der Waals surface area (Å²) in [5.74, 6) is 2.21. The highest BCUT2D eigenvalue weighted by molar-refractivity contribution is 6.04. The zero-order valence-corrected chi connectivity index (χ0v) is 13.0. The summed E-state index contributed by atoms with van der Waals surface area (Å²) in [5.41, 5.74) is 6.66. The van der Waals surface area contributed by atoms with Gasteiger partial charge in [0.1, 0.15) is 0 Å². The van der Waals surface area contributed by atoms with Crippen molar-refractivity contribution in [1.29, 1.82) is 0 Å². The highest BCUT2D eigenvalue weighted by atomic mass is 16.5. The van der Waals surface area contributed by atoms with Crippen LogP contribution in [-0.4, -0.2) is 25.5 Å². The molecule has 6 nitrogen and oxygen atoms in total. The summed E-state index contributed by atoms with van der Waals surface area (Å²) in [6.07, 6.45) is 5.34. The highest BCUT2D eigenvalue weighted by Gasteiger charge is 2.12. The molecule has 0 saturated heterocycles. The van der Waals surface area contributed by atoms with Gasteiger partial charge in [0.15, 0.2) is 18.1 Å². The number of rotatable bonds is 6. The van der Waals surface area contributed by atoms with Crippen molar-refractivity contribution in [2.24, 2.45) is 5.73 Å². The fraction of sp³-hybridized carbons (Fsp3) is 0.111. The minimum atomic E-state index is -0.604. The molecule has 0 saturated carbocycles. The van der Waals surface area contributed by atoms with Crippen LogP contribution in [0.5, 0.6) is 11.5 Å². The largest absolute Gasteiger partial charge is 0.493 e. The smallest absolute Gasteiger partial charge is 0.255 e. The third-order valence-electron chi connectivity index (χ3n) is 3.08. The van der Waals surface area contributed by atoms with E-state index in [1.54, 1.807) is 30.3 Å². The van der Waals surface area contributed by atoms with Gasteiger partial charge in [-0.2, -0.15) is 0 Å². The summed E-state index contributed by atoms with van der Waals surface area (Å²) in [6.45, 7) is -0.277. The second-order valence-corrected chi connectivity index (χ2v) is 4.80. The molecule has 0 radical (unpaired) electrons. The lowest BCUT2D eigenvalue weighted by atomic mass is 10.1. The van der Waals surface area contributed by atoms with Crippen molar-refractivity contribution < 1.29 is 19.1 Å². The average molecular weight is 324 g/mol. The minimum Gasteiger partial charge on any atom is -0.493 e. The molecule has 0 aliphatic heterocycles. The lowest BCUT2D eigenvalue weighted by Crippen LogP contribution is -2.20. The Morgan fingerprint density at radius 3 is 2.67 bits per heavy atom. The molecule has 0 spiro atoms. The van der Waals surface area contributed by atoms with E-state index in [1.165, 1.54) is 19.2 Å². The van der Waals surface area contributed by atoms with E-state index in [9.17, 15) is 9.59 Å². The van der Waals surface area contributed by atoms with Gasteiger partial charge in [0.25, 0.3) is 11.8 Å². The van der Waals surface area contributed by atoms with Gasteiger partial charge in [-0.15, -0.1) is 6.42 Å². The summed E-state index contributed by atoms with van der Waals surface area (Å²) in [5, 5.41) is 2.75. The topological polar surface area (TPSA) is 90.6 Å². The Hall–Kier alpha value is -3.46. The molecule has 0 fully saturated rings. The first-order chi connectivity index (χ1) is 11.5. The van der Waals surface area contributed by atoms with Gasteiger partial charge in [-0.1, -0.05) is 12.0 Å². The molecule has 0 heterocycles. The summed E-state index contributed by atoms with van der Waals surface area (Å²) in [4.78, 5) is 23.1. The maximum Gasteiger partial charge on any atom is 0.255 e. The summed E-state index contributed by atoms with van der Waals surface area (Å²) in [7, 11) is 1.44. The minimum absolute atomic E-state index is 0.277. The fourth-order valence-electron chi connectivity index (χ4n) is 1.97. The van der Waals surface area contributed by atoms with E-state index in [1.807, 2.05) is 0 Å². The monoisotopic (exact) mass is 324 g/mol. The van der Waals surface area contributed by atoms with Gasteiger partial charge in [-0.3, -0.25) is 9.59 Å². The number of anilines is 1. The number of nitrogens with one attached hydrogen (secondary N) is 1. The third kappa shape index (κ3) is 4.27. The van der Waals surface area contributed by atoms with Crippen LogP contribution < -0.4 is 20.5 Å². The number of hydrogen-bond donors (Lipinski definition) is 2. The number of terminal acetylenes is 1. The number of amides is 2. The normalized spacial score (nSPS) is 9.67. The van der Waals surface area contributed by atoms with Crippen LogP contribution in [0.15, 0.2) is 42.5 Å². The van der Waals surface area contributed by atoms with E-state index >= 15 is 0 Å². The molecule has 0 aliphatic carbocycles. The number of hydrogen-bond acceptors (Lipinski definition) is 4. The van der Waals surface area contributed by atoms with Crippen molar-refractivity contribution in [3.05, 3.63) is 53.6 Å². The maximum absolute atomic E-state index is 12.3. The van der Waals surface area contributed by atoms with Crippen molar-refractivity contribution in [2.45, 2.75) is 0 Å². The molecule has 2 aromatic rings. The van der Waals surface area contributed by atoms with Gasteiger partial charge in [-0.05, 0) is 36.4 Å². The maximum atomic E-state index is 12.3. The van der Waals surface area contributed by atoms with Gasteiger partial charge in [0.2, 0.25) is 0 Å². The van der Waals surface area contributed by atoms with E-state index < -0.39 is 5.91 Å². The van der Waals surface area contributed by atoms with Gasteiger partial charge in [0.05, 0.1) is 7.11 Å². The number of carbonyl (C=O) groups excluding carboxylic acids is 2. The Kier molecular flexibility index (Phi) is 5.42. The van der Waals surface area contributed by atoms with Gasteiger partial charge in [0, 0.05) is 16.8 Å². The van der Waals surface area contributed by atoms with Crippen molar-refractivity contribution >= 4 is 17.5 Å². The predicted octanol–water partition coefficient (Wildman–Crippen LogP) is 1.79. The van der Waals surface area contributed by atoms with Crippen LogP contribution in [0.25, 0.3) is 0 Å². The molecular formula is C18H16N2O4. The number of methoxy groups -OCH3 is 1. The molecule has 3 N–H and O–H groups in total. The molecule has 2 amide bonds. The SMILES string of the molecule is C#Cc1cccc(NC(=O)c2ccc(OCC(N)=O)c(OC)c2)c1. The Morgan fingerprint density at radius 1 is 1.21 bits per heavy atom. The summed E-state index contributed by atoms with van der Waals surface area (Å²) < 4.78 is 10.4. The Balaban J connectivity index is 2.17. The van der Waals surface area contributed by atoms with Crippen LogP contribution in [0.2, 0.25) is 0 Å². The molecule has 2 aromatic carbocycles. The molecule has 122 valence electrons. The second-order valence-electron chi connectivity index (χ2n) is 4.80. The Morgan fingerprint density at radius 2 is 2.00 bits per heavy atom. The molecule has 0 aromatic heterocycles. The Bertz CT molecular complexity index is 809. The van der Waals surface area contributed by atoms with Crippen molar-refractivity contribution in [3.63, 3.8) is 0 Å². The zero-order chi connectivity index (χ0) is 17.5. The number of primary amides is 1. The van der Waals surface area contributed by atoms with Crippen LogP contribution in [0.3, 0.4) is 0 Å². The lowest BCUT2D eigenvalue weighted by molar-refractivity contribution is -0.119. The van der Waals surface area contributed by atoms with Crippen molar-refractivity contribution in [2.75, 3.05) is 19.0 Å². The standard InChI is InChI=1S/C18H16N2O4/c1-3-12-5-4-6-14(9-12)20-18(22)13-7-8-15(16(10-13)23-2)24-11-17(19)21/h1,4-10H,11H2,2H3,(H2,19,21)(H,20,22). The van der Waals surface area contributed by atoms with Gasteiger partial charge < -0.3 is 20.5 Å². The van der Waals surface area contributed by atoms with E-state index in [2.05, 4.69) is 11.2 Å². The third-order valence-corrected chi connectivity index (χ3v) is 3.08. The average Bonchev–Trinajstić information content (AvgIpc) is 2.59. The van der Waals surface area contributed by atoms with Crippen LogP contribution in [0, 0.1) is 12.3 Å². The zero-order valence-electron chi connectivity index (χ0n) is 13.0. The van der Waals surface area contributed by atoms with Crippen LogP contribution >= 0.6 is 0 Å². The molecule has 2 rings (SSSR count). The molecule has 0 unspecified atom stereocenters. The molecule has 24 heavy (non-hydrogen) atoms. The summed E-state index contributed by atoms with van der Waals surface area (Å²) >= 11 is 0. The van der Waals surface area contributed by atoms with Crippen LogP contribution in [0.4, 0.5) is 5.69 Å². The summed E-state index contributed by atoms with van der Waals surface area (Å²) in [6, 6.07) is 11.6. The second kappa shape index (κ2) is 7.70.